The Hall–Kier alpha value is -2.12. The van der Waals surface area contributed by atoms with Crippen molar-refractivity contribution in [1.82, 2.24) is 0 Å². The Bertz CT molecular complexity index is 770. The average Bonchev–Trinajstić information content (AvgIpc) is 2.52. The molecule has 0 heterocycles. The maximum absolute atomic E-state index is 10.9. The van der Waals surface area contributed by atoms with Crippen molar-refractivity contribution >= 4 is 10.8 Å². The molecule has 104 valence electrons. The van der Waals surface area contributed by atoms with E-state index in [-0.39, 0.29) is 0 Å². The molecule has 1 aliphatic rings. The van der Waals surface area contributed by atoms with Gasteiger partial charge in [0.1, 0.15) is 0 Å². The van der Waals surface area contributed by atoms with Crippen LogP contribution in [0.2, 0.25) is 0 Å². The molecule has 0 spiro atoms. The molecule has 1 saturated carbocycles. The maximum atomic E-state index is 10.9. The predicted octanol–water partition coefficient (Wildman–Crippen LogP) is 4.61. The van der Waals surface area contributed by atoms with Crippen LogP contribution in [0.25, 0.3) is 10.8 Å². The molecule has 0 atom stereocenters. The van der Waals surface area contributed by atoms with Crippen molar-refractivity contribution in [3.05, 3.63) is 83.9 Å². The minimum absolute atomic E-state index is 0.475. The number of benzene rings is 3. The van der Waals surface area contributed by atoms with E-state index in [1.54, 1.807) is 0 Å². The van der Waals surface area contributed by atoms with E-state index in [4.69, 9.17) is 0 Å². The van der Waals surface area contributed by atoms with E-state index in [0.717, 1.165) is 18.4 Å². The van der Waals surface area contributed by atoms with Crippen LogP contribution < -0.4 is 0 Å². The van der Waals surface area contributed by atoms with Crippen molar-refractivity contribution in [2.45, 2.75) is 24.4 Å². The van der Waals surface area contributed by atoms with Crippen molar-refractivity contribution < 1.29 is 5.11 Å². The standard InChI is InChI=1S/C20H18O/c21-20(13-18(14-20)15-6-2-1-3-7-15)19-11-10-16-8-4-5-9-17(16)12-19/h1-12,18,21H,13-14H2. The Morgan fingerprint density at radius 1 is 0.762 bits per heavy atom. The smallest absolute Gasteiger partial charge is 0.0908 e. The average molecular weight is 274 g/mol. The topological polar surface area (TPSA) is 20.2 Å². The molecule has 4 rings (SSSR count). The molecule has 0 saturated heterocycles. The summed E-state index contributed by atoms with van der Waals surface area (Å²) in [5.41, 5.74) is 1.72. The molecule has 0 aliphatic heterocycles. The summed E-state index contributed by atoms with van der Waals surface area (Å²) >= 11 is 0. The number of fused-ring (bicyclic) bond motifs is 1. The number of rotatable bonds is 2. The first-order valence-corrected chi connectivity index (χ1v) is 7.51. The fraction of sp³-hybridized carbons (Fsp3) is 0.200. The molecule has 3 aromatic rings. The van der Waals surface area contributed by atoms with Gasteiger partial charge in [0.2, 0.25) is 0 Å². The summed E-state index contributed by atoms with van der Waals surface area (Å²) in [4.78, 5) is 0. The number of aliphatic hydroxyl groups is 1. The summed E-state index contributed by atoms with van der Waals surface area (Å²) in [6.07, 6.45) is 1.63. The van der Waals surface area contributed by atoms with E-state index in [2.05, 4.69) is 54.6 Å². The zero-order valence-corrected chi connectivity index (χ0v) is 11.9. The van der Waals surface area contributed by atoms with Gasteiger partial charge in [-0.1, -0.05) is 66.7 Å². The monoisotopic (exact) mass is 274 g/mol. The Morgan fingerprint density at radius 3 is 2.19 bits per heavy atom. The Morgan fingerprint density at radius 2 is 1.43 bits per heavy atom. The highest BCUT2D eigenvalue weighted by Crippen LogP contribution is 2.51. The van der Waals surface area contributed by atoms with Crippen LogP contribution in [0.4, 0.5) is 0 Å². The molecule has 1 nitrogen and oxygen atoms in total. The summed E-state index contributed by atoms with van der Waals surface area (Å²) in [7, 11) is 0. The molecule has 0 unspecified atom stereocenters. The molecule has 1 heteroatoms. The first-order valence-electron chi connectivity index (χ1n) is 7.51. The lowest BCUT2D eigenvalue weighted by atomic mass is 9.65. The van der Waals surface area contributed by atoms with Gasteiger partial charge in [0.15, 0.2) is 0 Å². The molecule has 21 heavy (non-hydrogen) atoms. The van der Waals surface area contributed by atoms with Crippen molar-refractivity contribution in [2.75, 3.05) is 0 Å². The van der Waals surface area contributed by atoms with Crippen molar-refractivity contribution in [3.63, 3.8) is 0 Å². The summed E-state index contributed by atoms with van der Waals surface area (Å²) < 4.78 is 0. The van der Waals surface area contributed by atoms with E-state index < -0.39 is 5.60 Å². The summed E-state index contributed by atoms with van der Waals surface area (Å²) in [6, 6.07) is 25.1. The lowest BCUT2D eigenvalue weighted by Gasteiger charge is -2.44. The molecule has 0 bridgehead atoms. The third kappa shape index (κ3) is 2.14. The third-order valence-electron chi connectivity index (χ3n) is 4.73. The van der Waals surface area contributed by atoms with Gasteiger partial charge >= 0.3 is 0 Å². The zero-order valence-electron chi connectivity index (χ0n) is 11.9. The van der Waals surface area contributed by atoms with E-state index in [9.17, 15) is 5.11 Å². The second-order valence-corrected chi connectivity index (χ2v) is 6.11. The Labute approximate surface area is 124 Å². The highest BCUT2D eigenvalue weighted by molar-refractivity contribution is 5.83. The van der Waals surface area contributed by atoms with Crippen LogP contribution in [-0.4, -0.2) is 5.11 Å². The predicted molar refractivity (Wildman–Crippen MR) is 86.3 cm³/mol. The van der Waals surface area contributed by atoms with Crippen LogP contribution in [0.5, 0.6) is 0 Å². The molecule has 1 N–H and O–H groups in total. The highest BCUT2D eigenvalue weighted by atomic mass is 16.3. The molecule has 0 radical (unpaired) electrons. The second-order valence-electron chi connectivity index (χ2n) is 6.11. The van der Waals surface area contributed by atoms with Crippen LogP contribution >= 0.6 is 0 Å². The molecule has 3 aromatic carbocycles. The van der Waals surface area contributed by atoms with Crippen LogP contribution in [0.3, 0.4) is 0 Å². The van der Waals surface area contributed by atoms with Crippen LogP contribution in [0, 0.1) is 0 Å². The van der Waals surface area contributed by atoms with Gasteiger partial charge < -0.3 is 5.11 Å². The fourth-order valence-electron chi connectivity index (χ4n) is 3.43. The van der Waals surface area contributed by atoms with Gasteiger partial charge in [-0.15, -0.1) is 0 Å². The molecule has 0 amide bonds. The summed E-state index contributed by atoms with van der Waals surface area (Å²) in [5.74, 6) is 0.475. The quantitative estimate of drug-likeness (QED) is 0.723. The van der Waals surface area contributed by atoms with Gasteiger partial charge in [-0.05, 0) is 46.7 Å². The minimum Gasteiger partial charge on any atom is -0.385 e. The van der Waals surface area contributed by atoms with Crippen LogP contribution in [-0.2, 0) is 5.60 Å². The third-order valence-corrected chi connectivity index (χ3v) is 4.73. The normalized spacial score (nSPS) is 24.7. The summed E-state index contributed by atoms with van der Waals surface area (Å²) in [5, 5.41) is 13.3. The molecule has 1 fully saturated rings. The van der Waals surface area contributed by atoms with Crippen molar-refractivity contribution in [2.24, 2.45) is 0 Å². The Balaban J connectivity index is 1.61. The van der Waals surface area contributed by atoms with Crippen molar-refractivity contribution in [1.29, 1.82) is 0 Å². The van der Waals surface area contributed by atoms with E-state index in [1.807, 2.05) is 18.2 Å². The van der Waals surface area contributed by atoms with Crippen LogP contribution in [0.1, 0.15) is 29.9 Å². The fourth-order valence-corrected chi connectivity index (χ4v) is 3.43. The van der Waals surface area contributed by atoms with Gasteiger partial charge in [0, 0.05) is 0 Å². The van der Waals surface area contributed by atoms with E-state index >= 15 is 0 Å². The lowest BCUT2D eigenvalue weighted by molar-refractivity contribution is -0.0548. The van der Waals surface area contributed by atoms with Crippen molar-refractivity contribution in [3.8, 4) is 0 Å². The van der Waals surface area contributed by atoms with Crippen LogP contribution in [0.15, 0.2) is 72.8 Å². The summed E-state index contributed by atoms with van der Waals surface area (Å²) in [6.45, 7) is 0. The maximum Gasteiger partial charge on any atom is 0.0908 e. The van der Waals surface area contributed by atoms with E-state index in [0.29, 0.717) is 5.92 Å². The first-order chi connectivity index (χ1) is 10.2. The SMILES string of the molecule is OC1(c2ccc3ccccc3c2)CC(c2ccccc2)C1. The Kier molecular flexibility index (Phi) is 2.83. The highest BCUT2D eigenvalue weighted by Gasteiger charge is 2.44. The first kappa shape index (κ1) is 12.6. The number of hydrogen-bond acceptors (Lipinski definition) is 1. The second kappa shape index (κ2) is 4.71. The van der Waals surface area contributed by atoms with Gasteiger partial charge in [-0.25, -0.2) is 0 Å². The molecule has 0 aromatic heterocycles. The number of hydrogen-bond donors (Lipinski definition) is 1. The zero-order chi connectivity index (χ0) is 14.3. The largest absolute Gasteiger partial charge is 0.385 e. The molecular formula is C20H18O. The van der Waals surface area contributed by atoms with Gasteiger partial charge in [0.05, 0.1) is 5.60 Å². The molecule has 1 aliphatic carbocycles. The van der Waals surface area contributed by atoms with Gasteiger partial charge in [0.25, 0.3) is 0 Å². The minimum atomic E-state index is -0.662. The van der Waals surface area contributed by atoms with Gasteiger partial charge in [-0.3, -0.25) is 0 Å². The van der Waals surface area contributed by atoms with Gasteiger partial charge in [-0.2, -0.15) is 0 Å². The molecular weight excluding hydrogens is 256 g/mol. The lowest BCUT2D eigenvalue weighted by Crippen LogP contribution is -2.39. The van der Waals surface area contributed by atoms with E-state index in [1.165, 1.54) is 16.3 Å².